The maximum Gasteiger partial charge on any atom is 0.214 e. The molecule has 0 saturated carbocycles. The number of ketones is 1. The van der Waals surface area contributed by atoms with E-state index >= 15 is 0 Å². The van der Waals surface area contributed by atoms with E-state index in [1.54, 1.807) is 0 Å². The van der Waals surface area contributed by atoms with E-state index in [1.165, 1.54) is 0 Å². The maximum atomic E-state index is 14.4. The molecule has 0 aliphatic rings. The number of benzene rings is 5. The third-order valence-electron chi connectivity index (χ3n) is 6.00. The second kappa shape index (κ2) is 10.9. The molecule has 0 heterocycles. The molecular formula is C32H25N2OP. The summed E-state index contributed by atoms with van der Waals surface area (Å²) in [5.41, 5.74) is 1.73. The number of Topliss-reactive ketones (excluding diaryl/α,β-unsaturated/α-hetero) is 1. The summed E-state index contributed by atoms with van der Waals surface area (Å²) >= 11 is 0. The number of hydrogen-bond acceptors (Lipinski definition) is 2. The van der Waals surface area contributed by atoms with Crippen LogP contribution in [0.15, 0.2) is 162 Å². The van der Waals surface area contributed by atoms with Gasteiger partial charge in [0.2, 0.25) is 5.78 Å². The molecule has 0 fully saturated rings. The number of nitrogens with zero attached hydrogens (tertiary/aromatic N) is 2. The molecule has 5 aromatic carbocycles. The normalized spacial score (nSPS) is 11.3. The zero-order valence-corrected chi connectivity index (χ0v) is 20.6. The van der Waals surface area contributed by atoms with Gasteiger partial charge < -0.3 is 0 Å². The number of rotatable bonds is 7. The van der Waals surface area contributed by atoms with Gasteiger partial charge in [-0.3, -0.25) is 4.79 Å². The molecule has 5 aromatic rings. The molecule has 0 aliphatic heterocycles. The fourth-order valence-corrected chi connectivity index (χ4v) is 8.45. The van der Waals surface area contributed by atoms with Crippen molar-refractivity contribution in [2.45, 2.75) is 0 Å². The van der Waals surface area contributed by atoms with Crippen molar-refractivity contribution in [1.29, 1.82) is 0 Å². The highest BCUT2D eigenvalue weighted by Gasteiger charge is 2.34. The van der Waals surface area contributed by atoms with Crippen molar-refractivity contribution >= 4 is 39.7 Å². The predicted molar refractivity (Wildman–Crippen MR) is 152 cm³/mol. The number of hydrogen-bond donors (Lipinski definition) is 0. The fourth-order valence-electron chi connectivity index (χ4n) is 4.35. The summed E-state index contributed by atoms with van der Waals surface area (Å²) in [6.07, 6.45) is 0. The van der Waals surface area contributed by atoms with Crippen LogP contribution < -0.4 is 15.9 Å². The summed E-state index contributed by atoms with van der Waals surface area (Å²) in [4.78, 5) is 14.4. The lowest BCUT2D eigenvalue weighted by Gasteiger charge is -2.30. The van der Waals surface area contributed by atoms with Crippen LogP contribution in [0.2, 0.25) is 0 Å². The number of carbonyl (C=O) groups excluding carboxylic acids is 1. The SMILES string of the molecule is O=C(C(N=Nc1ccccc1)=P(c1ccccc1)(c1ccccc1)c1ccccc1)c1ccccc1. The fraction of sp³-hybridized carbons (Fsp3) is 0. The first-order valence-corrected chi connectivity index (χ1v) is 13.6. The average Bonchev–Trinajstić information content (AvgIpc) is 2.97. The molecule has 174 valence electrons. The van der Waals surface area contributed by atoms with Crippen molar-refractivity contribution in [1.82, 2.24) is 0 Å². The largest absolute Gasteiger partial charge is 0.287 e. The molecule has 0 atom stereocenters. The van der Waals surface area contributed by atoms with Crippen LogP contribution in [-0.2, 0) is 0 Å². The summed E-state index contributed by atoms with van der Waals surface area (Å²) in [7, 11) is 0. The lowest BCUT2D eigenvalue weighted by atomic mass is 10.1. The van der Waals surface area contributed by atoms with Gasteiger partial charge in [-0.2, -0.15) is 5.11 Å². The lowest BCUT2D eigenvalue weighted by Crippen LogP contribution is -2.32. The van der Waals surface area contributed by atoms with Crippen LogP contribution in [0, 0.1) is 0 Å². The van der Waals surface area contributed by atoms with Crippen LogP contribution >= 0.6 is 6.89 Å². The maximum absolute atomic E-state index is 14.4. The molecule has 5 rings (SSSR count). The van der Waals surface area contributed by atoms with E-state index in [1.807, 2.05) is 115 Å². The minimum Gasteiger partial charge on any atom is -0.287 e. The van der Waals surface area contributed by atoms with Gasteiger partial charge in [-0.05, 0) is 28.0 Å². The minimum absolute atomic E-state index is 0.125. The summed E-state index contributed by atoms with van der Waals surface area (Å²) in [6, 6.07) is 49.7. The van der Waals surface area contributed by atoms with Crippen molar-refractivity contribution in [2.75, 3.05) is 0 Å². The highest BCUT2D eigenvalue weighted by molar-refractivity contribution is 7.96. The van der Waals surface area contributed by atoms with E-state index in [0.717, 1.165) is 15.9 Å². The smallest absolute Gasteiger partial charge is 0.214 e. The third kappa shape index (κ3) is 4.62. The van der Waals surface area contributed by atoms with E-state index in [2.05, 4.69) is 41.5 Å². The van der Waals surface area contributed by atoms with Crippen molar-refractivity contribution in [3.63, 3.8) is 0 Å². The Morgan fingerprint density at radius 1 is 0.472 bits per heavy atom. The molecule has 0 bridgehead atoms. The lowest BCUT2D eigenvalue weighted by molar-refractivity contribution is 0.106. The molecule has 0 N–H and O–H groups in total. The molecular weight excluding hydrogens is 459 g/mol. The number of carbonyl (C=O) groups is 1. The first-order chi connectivity index (χ1) is 17.8. The van der Waals surface area contributed by atoms with E-state index in [4.69, 9.17) is 5.11 Å². The van der Waals surface area contributed by atoms with Gasteiger partial charge in [0.15, 0.2) is 0 Å². The van der Waals surface area contributed by atoms with E-state index in [9.17, 15) is 4.79 Å². The van der Waals surface area contributed by atoms with Crippen LogP contribution in [0.3, 0.4) is 0 Å². The molecule has 0 amide bonds. The molecule has 0 unspecified atom stereocenters. The molecule has 3 nitrogen and oxygen atoms in total. The first-order valence-electron chi connectivity index (χ1n) is 11.8. The standard InChI is InChI=1S/C32H25N2OP/c35-31(26-16-6-1-7-17-26)32(34-33-27-18-8-2-9-19-27)36(28-20-10-3-11-21-28,29-22-12-4-13-23-29)30-24-14-5-15-25-30/h1-25H. The Bertz CT molecular complexity index is 1410. The molecule has 36 heavy (non-hydrogen) atoms. The molecule has 0 spiro atoms. The van der Waals surface area contributed by atoms with Gasteiger partial charge in [0.1, 0.15) is 5.42 Å². The van der Waals surface area contributed by atoms with E-state index in [-0.39, 0.29) is 5.78 Å². The highest BCUT2D eigenvalue weighted by Crippen LogP contribution is 2.47. The van der Waals surface area contributed by atoms with Gasteiger partial charge in [0, 0.05) is 12.4 Å². The quantitative estimate of drug-likeness (QED) is 0.143. The Hall–Kier alpha value is -4.33. The monoisotopic (exact) mass is 484 g/mol. The highest BCUT2D eigenvalue weighted by atomic mass is 31.2. The van der Waals surface area contributed by atoms with Crippen molar-refractivity contribution < 1.29 is 4.79 Å². The van der Waals surface area contributed by atoms with Gasteiger partial charge in [-0.15, -0.1) is 5.11 Å². The molecule has 0 aromatic heterocycles. The van der Waals surface area contributed by atoms with Crippen LogP contribution in [0.5, 0.6) is 0 Å². The van der Waals surface area contributed by atoms with Gasteiger partial charge in [0.25, 0.3) is 0 Å². The van der Waals surface area contributed by atoms with Gasteiger partial charge >= 0.3 is 0 Å². The van der Waals surface area contributed by atoms with Gasteiger partial charge in [-0.1, -0.05) is 140 Å². The van der Waals surface area contributed by atoms with Crippen LogP contribution in [-0.4, -0.2) is 11.2 Å². The van der Waals surface area contributed by atoms with Crippen molar-refractivity contribution in [2.24, 2.45) is 10.2 Å². The topological polar surface area (TPSA) is 41.8 Å². The van der Waals surface area contributed by atoms with E-state index < -0.39 is 6.89 Å². The molecule has 4 heteroatoms. The second-order valence-corrected chi connectivity index (χ2v) is 11.5. The molecule has 0 aliphatic carbocycles. The van der Waals surface area contributed by atoms with Crippen LogP contribution in [0.25, 0.3) is 0 Å². The third-order valence-corrected chi connectivity index (χ3v) is 10.1. The van der Waals surface area contributed by atoms with Crippen molar-refractivity contribution in [3.05, 3.63) is 157 Å². The van der Waals surface area contributed by atoms with Crippen LogP contribution in [0.4, 0.5) is 5.69 Å². The Kier molecular flexibility index (Phi) is 7.12. The Labute approximate surface area is 211 Å². The van der Waals surface area contributed by atoms with Gasteiger partial charge in [0.05, 0.1) is 5.69 Å². The van der Waals surface area contributed by atoms with Gasteiger partial charge in [-0.25, -0.2) is 0 Å². The zero-order valence-electron chi connectivity index (χ0n) is 19.7. The Morgan fingerprint density at radius 3 is 1.25 bits per heavy atom. The van der Waals surface area contributed by atoms with E-state index in [0.29, 0.717) is 16.7 Å². The number of azo groups is 1. The van der Waals surface area contributed by atoms with Crippen molar-refractivity contribution in [3.8, 4) is 0 Å². The second-order valence-electron chi connectivity index (χ2n) is 8.23. The first kappa shape index (κ1) is 23.4. The predicted octanol–water partition coefficient (Wildman–Crippen LogP) is 6.78. The summed E-state index contributed by atoms with van der Waals surface area (Å²) < 4.78 is 0. The average molecular weight is 485 g/mol. The summed E-state index contributed by atoms with van der Waals surface area (Å²) in [5.74, 6) is -0.125. The Balaban J connectivity index is 1.97. The molecule has 0 saturated heterocycles. The minimum atomic E-state index is -2.72. The summed E-state index contributed by atoms with van der Waals surface area (Å²) in [5, 5.41) is 12.6. The zero-order chi connectivity index (χ0) is 24.6. The summed E-state index contributed by atoms with van der Waals surface area (Å²) in [6.45, 7) is -2.72. The molecule has 0 radical (unpaired) electrons. The Morgan fingerprint density at radius 2 is 0.833 bits per heavy atom. The van der Waals surface area contributed by atoms with Crippen LogP contribution in [0.1, 0.15) is 10.4 Å².